The first-order chi connectivity index (χ1) is 10.5. The van der Waals surface area contributed by atoms with Crippen LogP contribution in [0.15, 0.2) is 41.6 Å². The number of benzene rings is 2. The van der Waals surface area contributed by atoms with Gasteiger partial charge in [0, 0.05) is 17.9 Å². The molecule has 0 aliphatic heterocycles. The average molecular weight is 354 g/mol. The standard InChI is InChI=1S/C14H9Cl2N3O2S/c15-10-5-12-13(6-11(10)16)18-14(17-12)22-7-8-1-3-9(4-2-8)19(20)21/h1-6H,7H2,(H,17,18). The molecule has 8 heteroatoms. The molecule has 2 aromatic carbocycles. The first kappa shape index (κ1) is 15.1. The normalized spacial score (nSPS) is 11.0. The molecule has 0 bridgehead atoms. The van der Waals surface area contributed by atoms with Crippen LogP contribution in [0.4, 0.5) is 5.69 Å². The molecule has 0 spiro atoms. The fourth-order valence-corrected chi connectivity index (χ4v) is 3.08. The van der Waals surface area contributed by atoms with E-state index in [0.29, 0.717) is 15.8 Å². The molecule has 3 rings (SSSR count). The Hall–Kier alpha value is -1.76. The maximum atomic E-state index is 10.6. The van der Waals surface area contributed by atoms with Gasteiger partial charge in [0.2, 0.25) is 0 Å². The molecule has 112 valence electrons. The van der Waals surface area contributed by atoms with Gasteiger partial charge in [-0.05, 0) is 17.7 Å². The second-order valence-electron chi connectivity index (χ2n) is 4.54. The summed E-state index contributed by atoms with van der Waals surface area (Å²) < 4.78 is 0. The first-order valence-corrected chi connectivity index (χ1v) is 7.98. The van der Waals surface area contributed by atoms with Gasteiger partial charge in [0.05, 0.1) is 26.0 Å². The molecule has 0 atom stereocenters. The molecular formula is C14H9Cl2N3O2S. The van der Waals surface area contributed by atoms with Crippen molar-refractivity contribution in [2.45, 2.75) is 10.9 Å². The Morgan fingerprint density at radius 1 is 1.18 bits per heavy atom. The highest BCUT2D eigenvalue weighted by Crippen LogP contribution is 2.29. The molecule has 0 fully saturated rings. The third kappa shape index (κ3) is 3.19. The lowest BCUT2D eigenvalue weighted by atomic mass is 10.2. The van der Waals surface area contributed by atoms with Crippen LogP contribution < -0.4 is 0 Å². The van der Waals surface area contributed by atoms with E-state index >= 15 is 0 Å². The van der Waals surface area contributed by atoms with E-state index < -0.39 is 4.92 Å². The van der Waals surface area contributed by atoms with Crippen LogP contribution in [-0.2, 0) is 5.75 Å². The maximum Gasteiger partial charge on any atom is 0.269 e. The number of imidazole rings is 1. The van der Waals surface area contributed by atoms with Crippen molar-refractivity contribution in [3.8, 4) is 0 Å². The molecule has 1 aromatic heterocycles. The Bertz CT molecular complexity index is 810. The van der Waals surface area contributed by atoms with Gasteiger partial charge in [0.1, 0.15) is 0 Å². The van der Waals surface area contributed by atoms with Crippen molar-refractivity contribution in [2.24, 2.45) is 0 Å². The zero-order valence-electron chi connectivity index (χ0n) is 11.0. The maximum absolute atomic E-state index is 10.6. The number of thioether (sulfide) groups is 1. The number of nitro groups is 1. The van der Waals surface area contributed by atoms with E-state index in [1.54, 1.807) is 24.3 Å². The van der Waals surface area contributed by atoms with Crippen LogP contribution in [0.5, 0.6) is 0 Å². The van der Waals surface area contributed by atoms with Crippen molar-refractivity contribution >= 4 is 51.7 Å². The minimum atomic E-state index is -0.413. The van der Waals surface area contributed by atoms with E-state index in [1.807, 2.05) is 0 Å². The predicted octanol–water partition coefficient (Wildman–Crippen LogP) is 5.07. The summed E-state index contributed by atoms with van der Waals surface area (Å²) in [5.74, 6) is 0.652. The van der Waals surface area contributed by atoms with Crippen LogP contribution in [0.2, 0.25) is 10.0 Å². The second kappa shape index (κ2) is 6.16. The van der Waals surface area contributed by atoms with Gasteiger partial charge in [-0.2, -0.15) is 0 Å². The third-order valence-corrected chi connectivity index (χ3v) is 4.69. The Balaban J connectivity index is 1.74. The van der Waals surface area contributed by atoms with Crippen molar-refractivity contribution in [1.29, 1.82) is 0 Å². The molecule has 0 unspecified atom stereocenters. The van der Waals surface area contributed by atoms with Crippen molar-refractivity contribution in [2.75, 3.05) is 0 Å². The van der Waals surface area contributed by atoms with Crippen LogP contribution in [0, 0.1) is 10.1 Å². The van der Waals surface area contributed by atoms with E-state index in [2.05, 4.69) is 9.97 Å². The van der Waals surface area contributed by atoms with Crippen LogP contribution in [0.1, 0.15) is 5.56 Å². The van der Waals surface area contributed by atoms with Crippen LogP contribution in [0.25, 0.3) is 11.0 Å². The lowest BCUT2D eigenvalue weighted by Crippen LogP contribution is -1.88. The topological polar surface area (TPSA) is 71.8 Å². The smallest absolute Gasteiger partial charge is 0.269 e. The summed E-state index contributed by atoms with van der Waals surface area (Å²) in [6, 6.07) is 9.92. The fourth-order valence-electron chi connectivity index (χ4n) is 1.92. The highest BCUT2D eigenvalue weighted by atomic mass is 35.5. The lowest BCUT2D eigenvalue weighted by Gasteiger charge is -1.98. The van der Waals surface area contributed by atoms with Crippen molar-refractivity contribution in [1.82, 2.24) is 9.97 Å². The fraction of sp³-hybridized carbons (Fsp3) is 0.0714. The van der Waals surface area contributed by atoms with Gasteiger partial charge >= 0.3 is 0 Å². The highest BCUT2D eigenvalue weighted by molar-refractivity contribution is 7.98. The average Bonchev–Trinajstić information content (AvgIpc) is 2.88. The summed E-state index contributed by atoms with van der Waals surface area (Å²) in [6.45, 7) is 0. The number of non-ortho nitro benzene ring substituents is 1. The number of hydrogen-bond donors (Lipinski definition) is 1. The molecule has 1 N–H and O–H groups in total. The number of aromatic nitrogens is 2. The monoisotopic (exact) mass is 353 g/mol. The summed E-state index contributed by atoms with van der Waals surface area (Å²) in [7, 11) is 0. The Morgan fingerprint density at radius 3 is 2.55 bits per heavy atom. The number of nitro benzene ring substituents is 1. The number of fused-ring (bicyclic) bond motifs is 1. The van der Waals surface area contributed by atoms with Crippen molar-refractivity contribution in [3.05, 3.63) is 62.1 Å². The number of nitrogens with one attached hydrogen (secondary N) is 1. The molecule has 0 radical (unpaired) electrons. The van der Waals surface area contributed by atoms with Gasteiger partial charge in [0.15, 0.2) is 5.16 Å². The van der Waals surface area contributed by atoms with Gasteiger partial charge in [0.25, 0.3) is 5.69 Å². The van der Waals surface area contributed by atoms with Gasteiger partial charge < -0.3 is 4.98 Å². The molecule has 0 saturated carbocycles. The van der Waals surface area contributed by atoms with Crippen LogP contribution in [-0.4, -0.2) is 14.9 Å². The van der Waals surface area contributed by atoms with Gasteiger partial charge in [-0.1, -0.05) is 47.1 Å². The molecule has 1 heterocycles. The van der Waals surface area contributed by atoms with E-state index in [-0.39, 0.29) is 5.69 Å². The molecule has 22 heavy (non-hydrogen) atoms. The number of halogens is 2. The lowest BCUT2D eigenvalue weighted by molar-refractivity contribution is -0.384. The van der Waals surface area contributed by atoms with Gasteiger partial charge in [-0.15, -0.1) is 0 Å². The van der Waals surface area contributed by atoms with Crippen LogP contribution >= 0.6 is 35.0 Å². The Morgan fingerprint density at radius 2 is 1.86 bits per heavy atom. The van der Waals surface area contributed by atoms with Gasteiger partial charge in [-0.25, -0.2) is 4.98 Å². The first-order valence-electron chi connectivity index (χ1n) is 6.24. The summed E-state index contributed by atoms with van der Waals surface area (Å²) in [5.41, 5.74) is 2.63. The molecule has 0 aliphatic rings. The second-order valence-corrected chi connectivity index (χ2v) is 6.32. The number of hydrogen-bond acceptors (Lipinski definition) is 4. The highest BCUT2D eigenvalue weighted by Gasteiger charge is 2.08. The minimum Gasteiger partial charge on any atom is -0.333 e. The number of nitrogens with zero attached hydrogens (tertiary/aromatic N) is 2. The summed E-state index contributed by atoms with van der Waals surface area (Å²) in [5, 5.41) is 12.3. The SMILES string of the molecule is O=[N+]([O-])c1ccc(CSc2nc3cc(Cl)c(Cl)cc3[nH]2)cc1. The molecule has 0 aliphatic carbocycles. The van der Waals surface area contributed by atoms with Gasteiger partial charge in [-0.3, -0.25) is 10.1 Å². The number of rotatable bonds is 4. The summed E-state index contributed by atoms with van der Waals surface area (Å²) >= 11 is 13.4. The number of aromatic amines is 1. The van der Waals surface area contributed by atoms with E-state index in [1.165, 1.54) is 23.9 Å². The Kier molecular flexibility index (Phi) is 4.24. The quantitative estimate of drug-likeness (QED) is 0.403. The zero-order chi connectivity index (χ0) is 15.7. The van der Waals surface area contributed by atoms with Crippen molar-refractivity contribution in [3.63, 3.8) is 0 Å². The molecular weight excluding hydrogens is 345 g/mol. The summed E-state index contributed by atoms with van der Waals surface area (Å²) in [4.78, 5) is 17.8. The Labute approximate surface area is 139 Å². The van der Waals surface area contributed by atoms with E-state index in [4.69, 9.17) is 23.2 Å². The zero-order valence-corrected chi connectivity index (χ0v) is 13.4. The molecule has 0 saturated heterocycles. The van der Waals surface area contributed by atoms with Crippen LogP contribution in [0.3, 0.4) is 0 Å². The summed E-state index contributed by atoms with van der Waals surface area (Å²) in [6.07, 6.45) is 0. The van der Waals surface area contributed by atoms with E-state index in [0.717, 1.165) is 21.8 Å². The molecule has 5 nitrogen and oxygen atoms in total. The minimum absolute atomic E-state index is 0.0850. The largest absolute Gasteiger partial charge is 0.333 e. The third-order valence-electron chi connectivity index (χ3n) is 3.02. The predicted molar refractivity (Wildman–Crippen MR) is 88.8 cm³/mol. The van der Waals surface area contributed by atoms with Crippen molar-refractivity contribution < 1.29 is 4.92 Å². The van der Waals surface area contributed by atoms with E-state index in [9.17, 15) is 10.1 Å². The number of H-pyrrole nitrogens is 1. The molecule has 0 amide bonds. The molecule has 3 aromatic rings.